The normalized spacial score (nSPS) is 28.6. The maximum absolute atomic E-state index is 14.2. The third kappa shape index (κ3) is 7.15. The highest BCUT2D eigenvalue weighted by Gasteiger charge is 2.44. The van der Waals surface area contributed by atoms with Crippen molar-refractivity contribution < 1.29 is 23.3 Å². The number of carbonyl (C=O) groups excluding carboxylic acids is 2. The van der Waals surface area contributed by atoms with Gasteiger partial charge in [0.15, 0.2) is 0 Å². The first-order chi connectivity index (χ1) is 24.1. The van der Waals surface area contributed by atoms with Crippen molar-refractivity contribution in [2.75, 3.05) is 37.5 Å². The van der Waals surface area contributed by atoms with Gasteiger partial charge in [0.2, 0.25) is 0 Å². The summed E-state index contributed by atoms with van der Waals surface area (Å²) in [6.07, 6.45) is 12.0. The number of carbonyl (C=O) groups is 2. The van der Waals surface area contributed by atoms with Crippen molar-refractivity contribution in [2.24, 2.45) is 23.2 Å². The molecule has 2 aromatic carbocycles. The molecule has 13 heteroatoms. The lowest BCUT2D eigenvalue weighted by atomic mass is 9.68. The molecule has 7 rings (SSSR count). The summed E-state index contributed by atoms with van der Waals surface area (Å²) in [6.45, 7) is 2.18. The fourth-order valence-electron chi connectivity index (χ4n) is 8.04. The van der Waals surface area contributed by atoms with Crippen LogP contribution in [-0.2, 0) is 40.1 Å². The smallest absolute Gasteiger partial charge is 0.327 e. The quantitative estimate of drug-likeness (QED) is 0.319. The van der Waals surface area contributed by atoms with E-state index in [2.05, 4.69) is 48.7 Å². The number of allylic oxidation sites excluding steroid dienone is 1. The summed E-state index contributed by atoms with van der Waals surface area (Å²) >= 11 is 6.45. The number of benzene rings is 2. The van der Waals surface area contributed by atoms with E-state index in [4.69, 9.17) is 21.1 Å². The van der Waals surface area contributed by atoms with Crippen molar-refractivity contribution in [3.63, 3.8) is 0 Å². The lowest BCUT2D eigenvalue weighted by Gasteiger charge is -2.46. The van der Waals surface area contributed by atoms with Gasteiger partial charge in [-0.05, 0) is 104 Å². The van der Waals surface area contributed by atoms with Crippen LogP contribution in [0.5, 0.6) is 5.75 Å². The zero-order chi connectivity index (χ0) is 34.9. The zero-order valence-corrected chi connectivity index (χ0v) is 30.2. The molecule has 0 radical (unpaired) electrons. The number of hydrogen-bond acceptors (Lipinski definition) is 7. The molecule has 11 nitrogen and oxygen atoms in total. The van der Waals surface area contributed by atoms with Crippen molar-refractivity contribution in [3.05, 3.63) is 88.2 Å². The summed E-state index contributed by atoms with van der Waals surface area (Å²) in [5.74, 6) is 0.806. The topological polar surface area (TPSA) is 127 Å². The number of hydrogen-bond donors (Lipinski definition) is 2. The molecule has 1 saturated carbocycles. The average Bonchev–Trinajstić information content (AvgIpc) is 3.43. The fraction of sp³-hybridized carbons (Fsp3) is 0.486. The standard InChI is InChI=1S/C37H45ClN6O5S/c1-43-29(15-17-40-43)21-39-36(46)42-50(47)18-5-3-4-8-33(48-2)30-12-9-27(30)22-44-23-37(16-6-7-25-19-28(38)11-13-31(25)37)24-49-34-14-10-26(20-32(34)44)35(45)41-50/h4,8,10-11,13-15,17,19-20,27,30,33H,3,5-7,9,12,16,18,21-24H2,1-2H3,(H2,39,41,42,45,46,47)/b8-4+/t27-,30+,33-,37-,50-/m0/s1. The summed E-state index contributed by atoms with van der Waals surface area (Å²) in [5, 5.41) is 7.57. The third-order valence-corrected chi connectivity index (χ3v) is 12.9. The minimum atomic E-state index is -3.47. The number of fused-ring (bicyclic) bond motifs is 4. The Morgan fingerprint density at radius 2 is 2.06 bits per heavy atom. The highest BCUT2D eigenvalue weighted by Crippen LogP contribution is 2.47. The van der Waals surface area contributed by atoms with E-state index in [0.717, 1.165) is 61.6 Å². The van der Waals surface area contributed by atoms with Gasteiger partial charge in [0, 0.05) is 49.4 Å². The minimum absolute atomic E-state index is 0.0119. The Kier molecular flexibility index (Phi) is 9.96. The van der Waals surface area contributed by atoms with E-state index in [1.807, 2.05) is 18.2 Å². The zero-order valence-electron chi connectivity index (χ0n) is 28.6. The Labute approximate surface area is 299 Å². The maximum Gasteiger partial charge on any atom is 0.327 e. The van der Waals surface area contributed by atoms with E-state index in [-0.39, 0.29) is 23.8 Å². The summed E-state index contributed by atoms with van der Waals surface area (Å²) in [4.78, 5) is 29.2. The van der Waals surface area contributed by atoms with Crippen LogP contribution in [0.3, 0.4) is 0 Å². The number of methoxy groups -OCH3 is 1. The van der Waals surface area contributed by atoms with Crippen LogP contribution in [0, 0.1) is 11.8 Å². The van der Waals surface area contributed by atoms with Gasteiger partial charge in [-0.1, -0.05) is 29.8 Å². The number of nitrogens with one attached hydrogen (secondary N) is 2. The molecule has 3 amide bonds. The van der Waals surface area contributed by atoms with Crippen LogP contribution in [0.1, 0.15) is 65.7 Å². The average molecular weight is 721 g/mol. The molecule has 1 spiro atoms. The Morgan fingerprint density at radius 1 is 1.18 bits per heavy atom. The number of nitrogens with zero attached hydrogens (tertiary/aromatic N) is 4. The highest BCUT2D eigenvalue weighted by atomic mass is 35.5. The molecule has 0 unspecified atom stereocenters. The molecule has 3 aromatic rings. The van der Waals surface area contributed by atoms with E-state index in [9.17, 15) is 13.8 Å². The summed E-state index contributed by atoms with van der Waals surface area (Å²) in [5.41, 5.74) is 4.16. The largest absolute Gasteiger partial charge is 0.490 e. The van der Waals surface area contributed by atoms with Gasteiger partial charge in [0.05, 0.1) is 36.4 Å². The van der Waals surface area contributed by atoms with Crippen molar-refractivity contribution in [1.29, 1.82) is 0 Å². The van der Waals surface area contributed by atoms with Crippen LogP contribution in [0.4, 0.5) is 10.5 Å². The van der Waals surface area contributed by atoms with E-state index in [1.54, 1.807) is 37.2 Å². The molecule has 5 atom stereocenters. The molecule has 1 aromatic heterocycles. The molecular weight excluding hydrogens is 676 g/mol. The Bertz CT molecular complexity index is 1920. The first kappa shape index (κ1) is 34.6. The van der Waals surface area contributed by atoms with E-state index >= 15 is 0 Å². The number of amides is 3. The molecule has 2 aliphatic heterocycles. The number of urea groups is 1. The van der Waals surface area contributed by atoms with Crippen molar-refractivity contribution in [2.45, 2.75) is 63.0 Å². The Balaban J connectivity index is 1.24. The predicted molar refractivity (Wildman–Crippen MR) is 194 cm³/mol. The molecule has 2 aliphatic carbocycles. The third-order valence-electron chi connectivity index (χ3n) is 10.9. The SMILES string of the molecule is CO[C@H]1/C=C/CCC[S@@](=O)(NC(=O)NCc2ccnn2C)=NC(=O)c2ccc3c(c2)N(C[C@@H]2CC[C@H]21)C[C@@]1(CCCc2cc(Cl)ccc21)CO3. The monoisotopic (exact) mass is 720 g/mol. The first-order valence-electron chi connectivity index (χ1n) is 17.5. The van der Waals surface area contributed by atoms with E-state index in [1.165, 1.54) is 11.1 Å². The summed E-state index contributed by atoms with van der Waals surface area (Å²) < 4.78 is 35.2. The van der Waals surface area contributed by atoms with Crippen LogP contribution in [0.15, 0.2) is 65.2 Å². The van der Waals surface area contributed by atoms with Gasteiger partial charge in [0.1, 0.15) is 15.7 Å². The number of aromatic nitrogens is 2. The van der Waals surface area contributed by atoms with Crippen LogP contribution < -0.4 is 19.7 Å². The van der Waals surface area contributed by atoms with Crippen molar-refractivity contribution in [1.82, 2.24) is 19.8 Å². The summed E-state index contributed by atoms with van der Waals surface area (Å²) in [6, 6.07) is 12.7. The van der Waals surface area contributed by atoms with Gasteiger partial charge in [-0.2, -0.15) is 5.10 Å². The number of rotatable bonds is 4. The number of ether oxygens (including phenoxy) is 2. The number of anilines is 1. The second-order valence-corrected chi connectivity index (χ2v) is 16.5. The van der Waals surface area contributed by atoms with E-state index in [0.29, 0.717) is 42.6 Å². The number of halogens is 1. The van der Waals surface area contributed by atoms with Gasteiger partial charge in [-0.25, -0.2) is 9.00 Å². The molecule has 0 saturated heterocycles. The van der Waals surface area contributed by atoms with Gasteiger partial charge in [-0.15, -0.1) is 4.36 Å². The molecular formula is C37H45ClN6O5S. The van der Waals surface area contributed by atoms with Crippen LogP contribution in [0.2, 0.25) is 5.02 Å². The predicted octanol–water partition coefficient (Wildman–Crippen LogP) is 5.96. The summed E-state index contributed by atoms with van der Waals surface area (Å²) in [7, 11) is 0.0567. The second kappa shape index (κ2) is 14.4. The molecule has 266 valence electrons. The molecule has 4 aliphatic rings. The van der Waals surface area contributed by atoms with Crippen LogP contribution >= 0.6 is 11.6 Å². The minimum Gasteiger partial charge on any atom is -0.490 e. The molecule has 2 N–H and O–H groups in total. The van der Waals surface area contributed by atoms with Crippen LogP contribution in [-0.4, -0.2) is 64.6 Å². The van der Waals surface area contributed by atoms with Crippen molar-refractivity contribution >= 4 is 39.1 Å². The first-order valence-corrected chi connectivity index (χ1v) is 19.5. The molecule has 2 bridgehead atoms. The second-order valence-electron chi connectivity index (χ2n) is 14.0. The molecule has 1 fully saturated rings. The molecule has 50 heavy (non-hydrogen) atoms. The van der Waals surface area contributed by atoms with Crippen molar-refractivity contribution in [3.8, 4) is 5.75 Å². The highest BCUT2D eigenvalue weighted by molar-refractivity contribution is 7.92. The number of aryl methyl sites for hydroxylation is 2. The molecule has 3 heterocycles. The fourth-order valence-corrected chi connectivity index (χ4v) is 9.77. The lowest BCUT2D eigenvalue weighted by Crippen LogP contribution is -2.49. The maximum atomic E-state index is 14.2. The van der Waals surface area contributed by atoms with Gasteiger partial charge in [-0.3, -0.25) is 14.2 Å². The van der Waals surface area contributed by atoms with Gasteiger partial charge in [0.25, 0.3) is 5.91 Å². The Morgan fingerprint density at radius 3 is 2.84 bits per heavy atom. The Hall–Kier alpha value is -3.87. The van der Waals surface area contributed by atoms with E-state index < -0.39 is 21.9 Å². The van der Waals surface area contributed by atoms with Gasteiger partial charge >= 0.3 is 6.03 Å². The lowest BCUT2D eigenvalue weighted by molar-refractivity contribution is 0.0132. The van der Waals surface area contributed by atoms with Crippen LogP contribution in [0.25, 0.3) is 0 Å². The van der Waals surface area contributed by atoms with Gasteiger partial charge < -0.3 is 19.7 Å².